The van der Waals surface area contributed by atoms with Crippen molar-refractivity contribution in [1.29, 1.82) is 0 Å². The van der Waals surface area contributed by atoms with Crippen molar-refractivity contribution in [2.24, 2.45) is 0 Å². The number of hydrogen-bond donors (Lipinski definition) is 0. The zero-order valence-electron chi connectivity index (χ0n) is 7.58. The molecular formula is C10H33B. The van der Waals surface area contributed by atoms with Crippen LogP contribution in [0.4, 0.5) is 0 Å². The third-order valence-corrected chi connectivity index (χ3v) is 0. The first-order valence-electron chi connectivity index (χ1n) is 3.58. The van der Waals surface area contributed by atoms with E-state index in [1.807, 2.05) is 41.5 Å². The Morgan fingerprint density at radius 3 is 0.455 bits per heavy atom. The van der Waals surface area contributed by atoms with Crippen LogP contribution in [-0.4, -0.2) is 7.85 Å². The van der Waals surface area contributed by atoms with Gasteiger partial charge >= 0.3 is 0 Å². The fourth-order valence-corrected chi connectivity index (χ4v) is 0. The summed E-state index contributed by atoms with van der Waals surface area (Å²) >= 11 is 0. The van der Waals surface area contributed by atoms with Gasteiger partial charge in [0.2, 0.25) is 0 Å². The molecule has 0 heterocycles. The average molecular weight is 164 g/mol. The number of rotatable bonds is 0. The molecule has 11 heavy (non-hydrogen) atoms. The topological polar surface area (TPSA) is 0 Å². The lowest BCUT2D eigenvalue weighted by Crippen LogP contribution is -1.13. The predicted molar refractivity (Wildman–Crippen MR) is 65.9 cm³/mol. The van der Waals surface area contributed by atoms with Gasteiger partial charge in [0, 0.05) is 0 Å². The van der Waals surface area contributed by atoms with Gasteiger partial charge in [0.1, 0.15) is 0 Å². The Balaban J connectivity index is -0.00000000356. The van der Waals surface area contributed by atoms with Gasteiger partial charge in [-0.3, -0.25) is 0 Å². The quantitative estimate of drug-likeness (QED) is 0.432. The molecule has 0 atom stereocenters. The molecule has 0 saturated heterocycles. The molecule has 0 aliphatic carbocycles. The van der Waals surface area contributed by atoms with Crippen LogP contribution in [0.15, 0.2) is 0 Å². The van der Waals surface area contributed by atoms with Gasteiger partial charge in [-0.05, 0) is 0 Å². The van der Waals surface area contributed by atoms with Crippen LogP contribution in [0, 0.1) is 0 Å². The van der Waals surface area contributed by atoms with Crippen LogP contribution >= 0.6 is 0 Å². The highest BCUT2D eigenvalue weighted by molar-refractivity contribution is 6.05. The SMILES string of the molecule is C.C.C.CC.CC.CC.[B]C. The molecule has 1 heteroatoms. The van der Waals surface area contributed by atoms with Gasteiger partial charge in [0.05, 0.1) is 7.85 Å². The van der Waals surface area contributed by atoms with Crippen LogP contribution in [0.25, 0.3) is 0 Å². The summed E-state index contributed by atoms with van der Waals surface area (Å²) < 4.78 is 0. The van der Waals surface area contributed by atoms with Crippen molar-refractivity contribution in [2.75, 3.05) is 0 Å². The summed E-state index contributed by atoms with van der Waals surface area (Å²) in [5.74, 6) is 0. The van der Waals surface area contributed by atoms with Crippen LogP contribution in [0.3, 0.4) is 0 Å². The standard InChI is InChI=1S/3C2H6.CH3B.3CH4/c4*1-2;;;/h3*1-2H3;1H3;3*1H4. The summed E-state index contributed by atoms with van der Waals surface area (Å²) in [5.41, 5.74) is 0. The molecular weight excluding hydrogens is 131 g/mol. The first kappa shape index (κ1) is 67.8. The molecule has 0 aromatic heterocycles. The van der Waals surface area contributed by atoms with Gasteiger partial charge in [-0.25, -0.2) is 0 Å². The molecule has 0 aliphatic heterocycles. The van der Waals surface area contributed by atoms with Gasteiger partial charge in [-0.15, -0.1) is 0 Å². The molecule has 0 saturated carbocycles. The fourth-order valence-electron chi connectivity index (χ4n) is 0. The summed E-state index contributed by atoms with van der Waals surface area (Å²) in [5, 5.41) is 0. The molecule has 0 unspecified atom stereocenters. The van der Waals surface area contributed by atoms with E-state index in [0.717, 1.165) is 0 Å². The average Bonchev–Trinajstić information content (AvgIpc) is 2.03. The summed E-state index contributed by atoms with van der Waals surface area (Å²) in [4.78, 5) is 0. The molecule has 0 aliphatic rings. The van der Waals surface area contributed by atoms with Gasteiger partial charge in [0.15, 0.2) is 0 Å². The van der Waals surface area contributed by atoms with Crippen LogP contribution < -0.4 is 0 Å². The highest BCUT2D eigenvalue weighted by Crippen LogP contribution is 1.15. The van der Waals surface area contributed by atoms with E-state index in [1.165, 1.54) is 6.82 Å². The molecule has 0 rings (SSSR count). The second-order valence-corrected chi connectivity index (χ2v) is 0. The Bertz CT molecular complexity index is 4.83. The Morgan fingerprint density at radius 2 is 0.455 bits per heavy atom. The molecule has 2 radical (unpaired) electrons. The predicted octanol–water partition coefficient (Wildman–Crippen LogP) is 5.19. The summed E-state index contributed by atoms with van der Waals surface area (Å²) in [6, 6.07) is 0. The molecule has 0 bridgehead atoms. The van der Waals surface area contributed by atoms with Crippen LogP contribution in [0.5, 0.6) is 0 Å². The van der Waals surface area contributed by atoms with Crippen LogP contribution in [-0.2, 0) is 0 Å². The van der Waals surface area contributed by atoms with E-state index in [4.69, 9.17) is 0 Å². The van der Waals surface area contributed by atoms with Crippen molar-refractivity contribution < 1.29 is 0 Å². The molecule has 76 valence electrons. The molecule has 0 amide bonds. The Labute approximate surface area is 79.2 Å². The first-order valence-corrected chi connectivity index (χ1v) is 3.58. The van der Waals surface area contributed by atoms with E-state index in [-0.39, 0.29) is 22.3 Å². The maximum atomic E-state index is 4.50. The molecule has 0 nitrogen and oxygen atoms in total. The third-order valence-electron chi connectivity index (χ3n) is 0. The van der Waals surface area contributed by atoms with E-state index in [9.17, 15) is 0 Å². The minimum Gasteiger partial charge on any atom is -0.0999 e. The zero-order valence-corrected chi connectivity index (χ0v) is 7.58. The van der Waals surface area contributed by atoms with Crippen molar-refractivity contribution >= 4 is 7.85 Å². The van der Waals surface area contributed by atoms with Gasteiger partial charge in [0.25, 0.3) is 0 Å². The highest BCUT2D eigenvalue weighted by atomic mass is 13.0. The lowest BCUT2D eigenvalue weighted by Gasteiger charge is -1.07. The second-order valence-electron chi connectivity index (χ2n) is 0. The van der Waals surface area contributed by atoms with E-state index in [0.29, 0.717) is 0 Å². The van der Waals surface area contributed by atoms with Crippen molar-refractivity contribution in [3.05, 3.63) is 0 Å². The smallest absolute Gasteiger partial charge is 0.0606 e. The number of hydrogen-bond acceptors (Lipinski definition) is 0. The zero-order chi connectivity index (χ0) is 8.00. The minimum absolute atomic E-state index is 0. The van der Waals surface area contributed by atoms with Gasteiger partial charge in [-0.1, -0.05) is 70.6 Å². The van der Waals surface area contributed by atoms with E-state index >= 15 is 0 Å². The van der Waals surface area contributed by atoms with Crippen LogP contribution in [0.1, 0.15) is 63.8 Å². The Morgan fingerprint density at radius 1 is 0.455 bits per heavy atom. The summed E-state index contributed by atoms with van der Waals surface area (Å²) in [6.45, 7) is 13.5. The van der Waals surface area contributed by atoms with Crippen molar-refractivity contribution in [3.63, 3.8) is 0 Å². The Hall–Kier alpha value is 0.0649. The third kappa shape index (κ3) is 155000. The Kier molecular flexibility index (Phi) is 1210000. The van der Waals surface area contributed by atoms with E-state index < -0.39 is 0 Å². The normalized spacial score (nSPS) is 2.09. The van der Waals surface area contributed by atoms with E-state index in [2.05, 4.69) is 7.85 Å². The minimum atomic E-state index is 0. The highest BCUT2D eigenvalue weighted by Gasteiger charge is 0.984. The summed E-state index contributed by atoms with van der Waals surface area (Å²) in [6.07, 6.45) is 0. The lowest BCUT2D eigenvalue weighted by atomic mass is 10.2. The fraction of sp³-hybridized carbons (Fsp3) is 1.00. The largest absolute Gasteiger partial charge is 0.0999 e. The maximum absolute atomic E-state index is 4.50. The second kappa shape index (κ2) is 196000. The lowest BCUT2D eigenvalue weighted by molar-refractivity contribution is 1.50. The molecule has 0 N–H and O–H groups in total. The van der Waals surface area contributed by atoms with Gasteiger partial charge < -0.3 is 0 Å². The summed E-state index contributed by atoms with van der Waals surface area (Å²) in [7, 11) is 4.50. The van der Waals surface area contributed by atoms with Crippen molar-refractivity contribution in [1.82, 2.24) is 0 Å². The van der Waals surface area contributed by atoms with Crippen LogP contribution in [0.2, 0.25) is 6.82 Å². The monoisotopic (exact) mass is 164 g/mol. The van der Waals surface area contributed by atoms with Gasteiger partial charge in [-0.2, -0.15) is 0 Å². The molecule has 0 spiro atoms. The van der Waals surface area contributed by atoms with Crippen molar-refractivity contribution in [2.45, 2.75) is 70.6 Å². The molecule has 0 aromatic carbocycles. The first-order chi connectivity index (χ1) is 4.00. The molecule has 0 fully saturated rings. The maximum Gasteiger partial charge on any atom is 0.0606 e. The molecule has 0 aromatic rings. The van der Waals surface area contributed by atoms with E-state index in [1.54, 1.807) is 0 Å². The van der Waals surface area contributed by atoms with Crippen molar-refractivity contribution in [3.8, 4) is 0 Å².